The van der Waals surface area contributed by atoms with Crippen molar-refractivity contribution in [3.8, 4) is 0 Å². The van der Waals surface area contributed by atoms with E-state index >= 15 is 0 Å². The maximum absolute atomic E-state index is 13.5. The summed E-state index contributed by atoms with van der Waals surface area (Å²) in [7, 11) is 0. The molecular formula is C21H17N4O5+. The lowest BCUT2D eigenvalue weighted by molar-refractivity contribution is -0.884. The van der Waals surface area contributed by atoms with Crippen LogP contribution < -0.4 is 15.5 Å². The minimum Gasteiger partial charge on any atom is -0.364 e. The molecule has 0 aliphatic carbocycles. The number of non-ortho nitro benzene ring substituents is 1. The molecule has 5 atom stereocenters. The van der Waals surface area contributed by atoms with Gasteiger partial charge in [-0.1, -0.05) is 30.3 Å². The summed E-state index contributed by atoms with van der Waals surface area (Å²) in [4.78, 5) is 51.3. The number of nitrogens with zero attached hydrogens (tertiary/aromatic N) is 2. The molecule has 2 aromatic carbocycles. The van der Waals surface area contributed by atoms with Crippen LogP contribution in [0.4, 0.5) is 11.4 Å². The van der Waals surface area contributed by atoms with Crippen LogP contribution in [0.5, 0.6) is 0 Å². The van der Waals surface area contributed by atoms with Crippen LogP contribution in [0.25, 0.3) is 6.08 Å². The smallest absolute Gasteiger partial charge is 0.277 e. The number of rotatable bonds is 3. The van der Waals surface area contributed by atoms with E-state index in [9.17, 15) is 24.5 Å². The highest BCUT2D eigenvalue weighted by molar-refractivity contribution is 6.23. The fourth-order valence-electron chi connectivity index (χ4n) is 5.08. The molecule has 0 bridgehead atoms. The quantitative estimate of drug-likeness (QED) is 0.428. The van der Waals surface area contributed by atoms with Gasteiger partial charge in [0.05, 0.1) is 16.8 Å². The first-order valence-corrected chi connectivity index (χ1v) is 9.45. The van der Waals surface area contributed by atoms with Crippen molar-refractivity contribution in [2.24, 2.45) is 17.6 Å². The Bertz CT molecular complexity index is 1160. The molecule has 3 N–H and O–H groups in total. The van der Waals surface area contributed by atoms with Gasteiger partial charge in [0, 0.05) is 17.7 Å². The van der Waals surface area contributed by atoms with Crippen LogP contribution in [0.2, 0.25) is 0 Å². The van der Waals surface area contributed by atoms with Crippen LogP contribution in [-0.4, -0.2) is 28.7 Å². The highest BCUT2D eigenvalue weighted by Gasteiger charge is 2.68. The number of nitrogens with one attached hydrogen (secondary N) is 1. The van der Waals surface area contributed by atoms with Crippen LogP contribution in [-0.2, 0) is 14.4 Å². The molecule has 0 spiro atoms. The monoisotopic (exact) mass is 405 g/mol. The zero-order chi connectivity index (χ0) is 21.2. The molecule has 0 saturated carbocycles. The third-order valence-corrected chi connectivity index (χ3v) is 6.23. The summed E-state index contributed by atoms with van der Waals surface area (Å²) in [5.41, 5.74) is 7.36. The second kappa shape index (κ2) is 6.33. The maximum atomic E-state index is 13.5. The van der Waals surface area contributed by atoms with Crippen molar-refractivity contribution in [1.82, 2.24) is 0 Å². The van der Waals surface area contributed by atoms with Gasteiger partial charge in [-0.25, -0.2) is 4.90 Å². The Kier molecular flexibility index (Phi) is 3.84. The van der Waals surface area contributed by atoms with Gasteiger partial charge in [-0.3, -0.25) is 29.4 Å². The van der Waals surface area contributed by atoms with E-state index in [1.165, 1.54) is 24.3 Å². The lowest BCUT2D eigenvalue weighted by Gasteiger charge is -2.29. The van der Waals surface area contributed by atoms with Crippen molar-refractivity contribution in [3.63, 3.8) is 0 Å². The molecule has 3 aliphatic heterocycles. The summed E-state index contributed by atoms with van der Waals surface area (Å²) in [6.45, 7) is 0. The number of fused-ring (bicyclic) bond motifs is 5. The number of nitrogens with two attached hydrogens (primary N) is 1. The van der Waals surface area contributed by atoms with Crippen molar-refractivity contribution in [3.05, 3.63) is 76.0 Å². The van der Waals surface area contributed by atoms with Crippen molar-refractivity contribution < 1.29 is 24.2 Å². The summed E-state index contributed by atoms with van der Waals surface area (Å²) in [5, 5.41) is 11.1. The molecule has 0 radical (unpaired) electrons. The van der Waals surface area contributed by atoms with Gasteiger partial charge in [0.2, 0.25) is 11.8 Å². The van der Waals surface area contributed by atoms with Gasteiger partial charge in [0.25, 0.3) is 11.6 Å². The van der Waals surface area contributed by atoms with E-state index in [1.54, 1.807) is 6.20 Å². The fourth-order valence-corrected chi connectivity index (χ4v) is 5.08. The second-order valence-electron chi connectivity index (χ2n) is 7.66. The van der Waals surface area contributed by atoms with E-state index in [-0.39, 0.29) is 11.4 Å². The summed E-state index contributed by atoms with van der Waals surface area (Å²) < 4.78 is 0. The number of nitro benzene ring substituents is 1. The van der Waals surface area contributed by atoms with Crippen molar-refractivity contribution in [2.45, 2.75) is 12.1 Å². The fraction of sp³-hybridized carbons (Fsp3) is 0.190. The molecule has 2 aromatic rings. The average molecular weight is 405 g/mol. The first-order valence-electron chi connectivity index (χ1n) is 9.45. The van der Waals surface area contributed by atoms with Crippen LogP contribution in [0.3, 0.4) is 0 Å². The normalized spacial score (nSPS) is 28.8. The molecule has 3 amide bonds. The molecular weight excluding hydrogens is 388 g/mol. The number of primary amides is 1. The van der Waals surface area contributed by atoms with Crippen LogP contribution in [0.15, 0.2) is 54.7 Å². The Balaban J connectivity index is 1.64. The van der Waals surface area contributed by atoms with Gasteiger partial charge < -0.3 is 5.73 Å². The SMILES string of the molecule is NC(=O)[C@H]1[C@@H]2C(=O)N(c3cccc([N+](=O)[O-])c3)C(=O)[C@@H]2[C@@H]2c3ccccc3C=C[NH+]12. The number of benzene rings is 2. The van der Waals surface area contributed by atoms with Gasteiger partial charge >= 0.3 is 0 Å². The van der Waals surface area contributed by atoms with Crippen molar-refractivity contribution in [1.29, 1.82) is 0 Å². The maximum Gasteiger partial charge on any atom is 0.277 e. The number of nitro groups is 1. The summed E-state index contributed by atoms with van der Waals surface area (Å²) in [5.74, 6) is -3.39. The predicted molar refractivity (Wildman–Crippen MR) is 105 cm³/mol. The summed E-state index contributed by atoms with van der Waals surface area (Å²) >= 11 is 0. The van der Waals surface area contributed by atoms with E-state index < -0.39 is 46.6 Å². The molecule has 30 heavy (non-hydrogen) atoms. The van der Waals surface area contributed by atoms with Crippen molar-refractivity contribution >= 4 is 35.2 Å². The van der Waals surface area contributed by atoms with E-state index in [0.29, 0.717) is 4.90 Å². The third kappa shape index (κ3) is 2.35. The number of amides is 3. The Hall–Kier alpha value is -3.85. The Labute approximate surface area is 170 Å². The third-order valence-electron chi connectivity index (χ3n) is 6.23. The van der Waals surface area contributed by atoms with Crippen LogP contribution in [0, 0.1) is 22.0 Å². The van der Waals surface area contributed by atoms with Gasteiger partial charge in [-0.2, -0.15) is 0 Å². The number of carbonyl (C=O) groups is 3. The number of hydrogen-bond donors (Lipinski definition) is 2. The number of carbonyl (C=O) groups excluding carboxylic acids is 3. The standard InChI is InChI=1S/C21H16N4O5/c22-19(26)18-16-15(17-14-7-2-1-4-11(14)8-9-23(17)18)20(27)24(21(16)28)12-5-3-6-13(10-12)25(29)30/h1-10,15-18H,(H2,22,26)/p+1/t15-,16+,17-,18+/m0/s1. The first kappa shape index (κ1) is 18.2. The molecule has 0 aromatic heterocycles. The number of imide groups is 1. The zero-order valence-corrected chi connectivity index (χ0v) is 15.6. The van der Waals surface area contributed by atoms with Crippen LogP contribution >= 0.6 is 0 Å². The summed E-state index contributed by atoms with van der Waals surface area (Å²) in [6.07, 6.45) is 3.66. The van der Waals surface area contributed by atoms with Crippen LogP contribution in [0.1, 0.15) is 17.2 Å². The van der Waals surface area contributed by atoms with E-state index in [1.807, 2.05) is 30.3 Å². The number of quaternary nitrogens is 1. The summed E-state index contributed by atoms with van der Waals surface area (Å²) in [6, 6.07) is 11.6. The van der Waals surface area contributed by atoms with Gasteiger partial charge in [0.1, 0.15) is 17.9 Å². The predicted octanol–water partition coefficient (Wildman–Crippen LogP) is 0.178. The second-order valence-corrected chi connectivity index (χ2v) is 7.66. The lowest BCUT2D eigenvalue weighted by atomic mass is 9.84. The molecule has 9 nitrogen and oxygen atoms in total. The minimum absolute atomic E-state index is 0.123. The first-order chi connectivity index (χ1) is 14.4. The Morgan fingerprint density at radius 3 is 2.53 bits per heavy atom. The highest BCUT2D eigenvalue weighted by atomic mass is 16.6. The van der Waals surface area contributed by atoms with Gasteiger partial charge in [0.15, 0.2) is 6.04 Å². The minimum atomic E-state index is -0.926. The molecule has 3 heterocycles. The molecule has 5 rings (SSSR count). The number of anilines is 1. The molecule has 2 saturated heterocycles. The van der Waals surface area contributed by atoms with Gasteiger partial charge in [-0.05, 0) is 17.7 Å². The highest BCUT2D eigenvalue weighted by Crippen LogP contribution is 2.44. The van der Waals surface area contributed by atoms with E-state index in [2.05, 4.69) is 0 Å². The van der Waals surface area contributed by atoms with Gasteiger partial charge in [-0.15, -0.1) is 0 Å². The van der Waals surface area contributed by atoms with E-state index in [0.717, 1.165) is 16.0 Å². The Morgan fingerprint density at radius 1 is 1.07 bits per heavy atom. The molecule has 150 valence electrons. The largest absolute Gasteiger partial charge is 0.364 e. The van der Waals surface area contributed by atoms with E-state index in [4.69, 9.17) is 5.73 Å². The molecule has 9 heteroatoms. The Morgan fingerprint density at radius 2 is 1.80 bits per heavy atom. The zero-order valence-electron chi connectivity index (χ0n) is 15.6. The molecule has 3 aliphatic rings. The molecule has 1 unspecified atom stereocenters. The molecule has 2 fully saturated rings. The van der Waals surface area contributed by atoms with Crippen molar-refractivity contribution in [2.75, 3.05) is 4.90 Å². The lowest BCUT2D eigenvalue weighted by Crippen LogP contribution is -3.12. The average Bonchev–Trinajstić information content (AvgIpc) is 3.21. The topological polar surface area (TPSA) is 128 Å². The number of hydrogen-bond acceptors (Lipinski definition) is 5.